The Morgan fingerprint density at radius 1 is 1.12 bits per heavy atom. The number of ether oxygens (including phenoxy) is 3. The lowest BCUT2D eigenvalue weighted by Gasteiger charge is -2.23. The Labute approximate surface area is 251 Å². The number of alkyl halides is 2. The van der Waals surface area contributed by atoms with Gasteiger partial charge in [0.25, 0.3) is 0 Å². The number of aromatic nitrogens is 1. The monoisotopic (exact) mass is 644 g/mol. The molecule has 0 bridgehead atoms. The number of rotatable bonds is 13. The van der Waals surface area contributed by atoms with Crippen molar-refractivity contribution in [3.05, 3.63) is 86.8 Å². The summed E-state index contributed by atoms with van der Waals surface area (Å²) in [6.45, 7) is 0.125. The largest absolute Gasteiger partial charge is 0.619 e. The average Bonchev–Trinajstić information content (AvgIpc) is 3.73. The summed E-state index contributed by atoms with van der Waals surface area (Å²) in [5, 5.41) is 11.8. The van der Waals surface area contributed by atoms with E-state index in [1.54, 1.807) is 25.1 Å². The second-order valence-corrected chi connectivity index (χ2v) is 12.4. The number of pyridine rings is 1. The Bertz CT molecular complexity index is 1530. The van der Waals surface area contributed by atoms with E-state index in [9.17, 15) is 27.2 Å². The molecular formula is C28H28Cl2F2N2O7S. The van der Waals surface area contributed by atoms with E-state index in [0.29, 0.717) is 21.8 Å². The van der Waals surface area contributed by atoms with Crippen LogP contribution in [0.5, 0.6) is 11.5 Å². The zero-order valence-electron chi connectivity index (χ0n) is 22.6. The fraction of sp³-hybridized carbons (Fsp3) is 0.357. The van der Waals surface area contributed by atoms with Crippen LogP contribution in [-0.4, -0.2) is 33.6 Å². The number of sulfonamides is 1. The fourth-order valence-corrected chi connectivity index (χ4v) is 6.14. The van der Waals surface area contributed by atoms with E-state index in [4.69, 9.17) is 32.7 Å². The van der Waals surface area contributed by atoms with Gasteiger partial charge >= 0.3 is 12.6 Å². The lowest BCUT2D eigenvalue weighted by molar-refractivity contribution is -0.605. The smallest absolute Gasteiger partial charge is 0.387 e. The molecule has 2 aromatic carbocycles. The summed E-state index contributed by atoms with van der Waals surface area (Å²) in [5.41, 5.74) is 1.05. The highest BCUT2D eigenvalue weighted by molar-refractivity contribution is 7.89. The van der Waals surface area contributed by atoms with Crippen LogP contribution in [0.4, 0.5) is 8.78 Å². The van der Waals surface area contributed by atoms with Crippen LogP contribution < -0.4 is 18.9 Å². The molecule has 1 fully saturated rings. The van der Waals surface area contributed by atoms with Gasteiger partial charge in [0.15, 0.2) is 23.9 Å². The normalized spacial score (nSPS) is 14.8. The van der Waals surface area contributed by atoms with Crippen molar-refractivity contribution in [1.29, 1.82) is 0 Å². The maximum atomic E-state index is 13.2. The van der Waals surface area contributed by atoms with Crippen LogP contribution in [-0.2, 0) is 26.0 Å². The highest BCUT2D eigenvalue weighted by atomic mass is 35.5. The van der Waals surface area contributed by atoms with Gasteiger partial charge in [-0.1, -0.05) is 47.5 Å². The summed E-state index contributed by atoms with van der Waals surface area (Å²) in [6, 6.07) is 9.01. The lowest BCUT2D eigenvalue weighted by Crippen LogP contribution is -2.40. The van der Waals surface area contributed by atoms with E-state index < -0.39 is 34.7 Å². The molecule has 14 heteroatoms. The predicted molar refractivity (Wildman–Crippen MR) is 150 cm³/mol. The first kappa shape index (κ1) is 31.7. The molecule has 1 aromatic heterocycles. The van der Waals surface area contributed by atoms with Gasteiger partial charge in [-0.3, -0.25) is 4.79 Å². The molecule has 0 spiro atoms. The molecule has 2 atom stereocenters. The molecule has 1 aliphatic carbocycles. The maximum absolute atomic E-state index is 13.2. The molecule has 0 unspecified atom stereocenters. The first-order chi connectivity index (χ1) is 19.8. The van der Waals surface area contributed by atoms with Gasteiger partial charge in [-0.25, -0.2) is 8.42 Å². The lowest BCUT2D eigenvalue weighted by atomic mass is 10.0. The zero-order valence-corrected chi connectivity index (χ0v) is 24.9. The van der Waals surface area contributed by atoms with Gasteiger partial charge in [0.2, 0.25) is 10.0 Å². The molecule has 1 N–H and O–H groups in total. The Balaban J connectivity index is 1.64. The zero-order chi connectivity index (χ0) is 30.6. The highest BCUT2D eigenvalue weighted by Crippen LogP contribution is 2.38. The Hall–Kier alpha value is -3.19. The molecule has 1 heterocycles. The van der Waals surface area contributed by atoms with Crippen molar-refractivity contribution in [2.45, 2.75) is 56.8 Å². The molecule has 42 heavy (non-hydrogen) atoms. The van der Waals surface area contributed by atoms with E-state index in [1.807, 2.05) is 0 Å². The number of benzene rings is 2. The minimum Gasteiger partial charge on any atom is -0.619 e. The second-order valence-electron chi connectivity index (χ2n) is 9.87. The molecule has 0 saturated heterocycles. The molecular weight excluding hydrogens is 617 g/mol. The third-order valence-corrected chi connectivity index (χ3v) is 8.85. The summed E-state index contributed by atoms with van der Waals surface area (Å²) in [6.07, 6.45) is 2.76. The molecule has 0 amide bonds. The van der Waals surface area contributed by atoms with Crippen molar-refractivity contribution in [3.63, 3.8) is 0 Å². The fourth-order valence-electron chi connectivity index (χ4n) is 4.11. The van der Waals surface area contributed by atoms with Crippen LogP contribution in [0, 0.1) is 18.0 Å². The summed E-state index contributed by atoms with van der Waals surface area (Å²) >= 11 is 12.6. The summed E-state index contributed by atoms with van der Waals surface area (Å²) in [5.74, 6) is -0.837. The number of hydrogen-bond donors (Lipinski definition) is 1. The number of hydrogen-bond acceptors (Lipinski definition) is 7. The Morgan fingerprint density at radius 2 is 1.79 bits per heavy atom. The number of nitrogens with zero attached hydrogens (tertiary/aromatic N) is 1. The van der Waals surface area contributed by atoms with Crippen LogP contribution >= 0.6 is 23.2 Å². The Morgan fingerprint density at radius 3 is 2.40 bits per heavy atom. The summed E-state index contributed by atoms with van der Waals surface area (Å²) < 4.78 is 70.9. The van der Waals surface area contributed by atoms with Crippen LogP contribution in [0.1, 0.15) is 42.6 Å². The van der Waals surface area contributed by atoms with Crippen molar-refractivity contribution >= 4 is 39.2 Å². The number of nitrogens with one attached hydrogen (secondary N) is 1. The van der Waals surface area contributed by atoms with Crippen molar-refractivity contribution in [2.24, 2.45) is 5.92 Å². The number of aryl methyl sites for hydroxylation is 1. The van der Waals surface area contributed by atoms with Gasteiger partial charge in [-0.15, -0.1) is 0 Å². The SMILES string of the molecule is Cc1ccccc1S(=O)(=O)N[C@H](C)C(=O)O[C@@H](Cc1c(Cl)c[n+]([O-])cc1Cl)c1ccc(OC(F)F)c(OCC2CC2)c1. The van der Waals surface area contributed by atoms with Crippen molar-refractivity contribution in [2.75, 3.05) is 6.61 Å². The van der Waals surface area contributed by atoms with Gasteiger partial charge in [0, 0.05) is 12.0 Å². The van der Waals surface area contributed by atoms with E-state index in [0.717, 1.165) is 25.2 Å². The van der Waals surface area contributed by atoms with Crippen molar-refractivity contribution < 1.29 is 40.9 Å². The molecule has 226 valence electrons. The minimum atomic E-state index is -4.08. The standard InChI is InChI=1S/C28H28Cl2F2N2O7S/c1-16-5-3-4-6-26(16)42(37,38)33-17(2)27(35)40-24(12-20-21(29)13-34(36)14-22(20)30)19-9-10-23(41-28(31)32)25(11-19)39-15-18-7-8-18/h3-6,9-11,13-14,17-18,24,28,33H,7-8,12,15H2,1-2H3/t17-,24+/m1/s1. The third kappa shape index (κ3) is 8.21. The third-order valence-electron chi connectivity index (χ3n) is 6.50. The number of esters is 1. The summed E-state index contributed by atoms with van der Waals surface area (Å²) in [4.78, 5) is 13.2. The van der Waals surface area contributed by atoms with E-state index in [-0.39, 0.29) is 45.0 Å². The van der Waals surface area contributed by atoms with Crippen molar-refractivity contribution in [3.8, 4) is 11.5 Å². The summed E-state index contributed by atoms with van der Waals surface area (Å²) in [7, 11) is -4.08. The molecule has 0 aliphatic heterocycles. The maximum Gasteiger partial charge on any atom is 0.387 e. The van der Waals surface area contributed by atoms with Gasteiger partial charge < -0.3 is 19.4 Å². The number of halogens is 4. The average molecular weight is 646 g/mol. The molecule has 1 aliphatic rings. The Kier molecular flexibility index (Phi) is 10.1. The highest BCUT2D eigenvalue weighted by Gasteiger charge is 2.30. The number of carbonyl (C=O) groups excluding carboxylic acids is 1. The topological polar surface area (TPSA) is 118 Å². The van der Waals surface area contributed by atoms with Crippen LogP contribution in [0.3, 0.4) is 0 Å². The van der Waals surface area contributed by atoms with Gasteiger partial charge in [0.05, 0.1) is 11.5 Å². The van der Waals surface area contributed by atoms with Gasteiger partial charge in [-0.05, 0) is 61.9 Å². The van der Waals surface area contributed by atoms with Crippen LogP contribution in [0.25, 0.3) is 0 Å². The second kappa shape index (κ2) is 13.4. The van der Waals surface area contributed by atoms with Crippen LogP contribution in [0.15, 0.2) is 59.8 Å². The molecule has 4 rings (SSSR count). The van der Waals surface area contributed by atoms with E-state index in [1.165, 1.54) is 31.2 Å². The number of carbonyl (C=O) groups is 1. The van der Waals surface area contributed by atoms with Gasteiger partial charge in [0.1, 0.15) is 22.2 Å². The minimum absolute atomic E-state index is 0.00189. The molecule has 0 radical (unpaired) electrons. The molecule has 9 nitrogen and oxygen atoms in total. The molecule has 1 saturated carbocycles. The van der Waals surface area contributed by atoms with Crippen molar-refractivity contribution in [1.82, 2.24) is 4.72 Å². The predicted octanol–water partition coefficient (Wildman–Crippen LogP) is 5.52. The quantitative estimate of drug-likeness (QED) is 0.148. The van der Waals surface area contributed by atoms with E-state index >= 15 is 0 Å². The molecule has 3 aromatic rings. The first-order valence-electron chi connectivity index (χ1n) is 12.9. The van der Waals surface area contributed by atoms with Crippen LogP contribution in [0.2, 0.25) is 10.0 Å². The van der Waals surface area contributed by atoms with E-state index in [2.05, 4.69) is 9.46 Å². The van der Waals surface area contributed by atoms with Gasteiger partial charge in [-0.2, -0.15) is 18.2 Å². The first-order valence-corrected chi connectivity index (χ1v) is 15.1.